The average molecular weight is 463 g/mol. The number of hydrogen-bond acceptors (Lipinski definition) is 4. The number of aryl methyl sites for hydroxylation is 2. The molecule has 0 spiro atoms. The normalized spacial score (nSPS) is 15.8. The Balaban J connectivity index is 1.65. The number of sulfonamides is 1. The lowest BCUT2D eigenvalue weighted by Gasteiger charge is -2.32. The second-order valence-electron chi connectivity index (χ2n) is 8.17. The maximum absolute atomic E-state index is 13.4. The number of carbonyl (C=O) groups excluding carboxylic acids is 1. The fourth-order valence-corrected chi connectivity index (χ4v) is 6.66. The third-order valence-corrected chi connectivity index (χ3v) is 9.09. The van der Waals surface area contributed by atoms with Crippen LogP contribution in [0.2, 0.25) is 0 Å². The summed E-state index contributed by atoms with van der Waals surface area (Å²) >= 11 is 1.59. The highest BCUT2D eigenvalue weighted by Crippen LogP contribution is 2.28. The molecule has 0 aromatic heterocycles. The van der Waals surface area contributed by atoms with E-state index in [1.165, 1.54) is 0 Å². The van der Waals surface area contributed by atoms with Gasteiger partial charge in [-0.3, -0.25) is 4.79 Å². The Hall–Kier alpha value is -1.87. The molecule has 1 aliphatic rings. The fourth-order valence-electron chi connectivity index (χ4n) is 4.09. The van der Waals surface area contributed by atoms with Gasteiger partial charge in [-0.25, -0.2) is 8.42 Å². The molecule has 168 valence electrons. The van der Waals surface area contributed by atoms with Gasteiger partial charge in [-0.2, -0.15) is 4.31 Å². The van der Waals surface area contributed by atoms with Crippen molar-refractivity contribution in [3.63, 3.8) is 0 Å². The quantitative estimate of drug-likeness (QED) is 0.646. The third-order valence-electron chi connectivity index (χ3n) is 6.12. The first-order valence-electron chi connectivity index (χ1n) is 10.5. The van der Waals surface area contributed by atoms with Crippen LogP contribution in [0.5, 0.6) is 0 Å². The summed E-state index contributed by atoms with van der Waals surface area (Å²) in [6.07, 6.45) is 1.98. The van der Waals surface area contributed by atoms with Gasteiger partial charge >= 0.3 is 0 Å². The molecule has 1 fully saturated rings. The molecule has 0 atom stereocenters. The predicted octanol–water partition coefficient (Wildman–Crippen LogP) is 2.17. The Labute approximate surface area is 190 Å². The lowest BCUT2D eigenvalue weighted by Crippen LogP contribution is -3.15. The number of thioether (sulfide) groups is 1. The van der Waals surface area contributed by atoms with Crippen molar-refractivity contribution in [3.8, 4) is 0 Å². The Morgan fingerprint density at radius 3 is 2.23 bits per heavy atom. The number of rotatable bonds is 6. The monoisotopic (exact) mass is 462 g/mol. The van der Waals surface area contributed by atoms with Crippen LogP contribution in [0.15, 0.2) is 40.1 Å². The van der Waals surface area contributed by atoms with Gasteiger partial charge in [0.15, 0.2) is 6.54 Å². The summed E-state index contributed by atoms with van der Waals surface area (Å²) in [5.41, 5.74) is 4.46. The highest BCUT2D eigenvalue weighted by atomic mass is 32.2. The van der Waals surface area contributed by atoms with Crippen LogP contribution in [0.25, 0.3) is 0 Å². The highest BCUT2D eigenvalue weighted by molar-refractivity contribution is 7.98. The number of carbonyl (C=O) groups is 1. The minimum atomic E-state index is -3.56. The van der Waals surface area contributed by atoms with E-state index in [4.69, 9.17) is 0 Å². The predicted molar refractivity (Wildman–Crippen MR) is 127 cm³/mol. The molecule has 1 heterocycles. The second kappa shape index (κ2) is 9.73. The molecular formula is C23H32N3O3S2+. The topological polar surface area (TPSA) is 70.9 Å². The van der Waals surface area contributed by atoms with Gasteiger partial charge in [0.1, 0.15) is 0 Å². The van der Waals surface area contributed by atoms with Crippen molar-refractivity contribution in [1.29, 1.82) is 0 Å². The molecule has 2 aromatic carbocycles. The number of benzene rings is 2. The van der Waals surface area contributed by atoms with Crippen LogP contribution >= 0.6 is 11.8 Å². The molecule has 1 saturated heterocycles. The first-order valence-corrected chi connectivity index (χ1v) is 13.2. The van der Waals surface area contributed by atoms with E-state index in [0.29, 0.717) is 37.6 Å². The molecule has 1 aliphatic heterocycles. The summed E-state index contributed by atoms with van der Waals surface area (Å²) in [7, 11) is -3.56. The van der Waals surface area contributed by atoms with Crippen molar-refractivity contribution < 1.29 is 18.1 Å². The number of hydrogen-bond donors (Lipinski definition) is 2. The standard InChI is InChI=1S/C23H31N3O3S2/c1-16-14-17(2)19(4)23(18(16)3)31(28,29)26-12-10-25(11-13-26)15-22(27)24-20-8-6-7-9-21(20)30-5/h6-9,14H,10-13,15H2,1-5H3,(H,24,27)/p+1. The Morgan fingerprint density at radius 2 is 1.65 bits per heavy atom. The van der Waals surface area contributed by atoms with Gasteiger partial charge in [0.2, 0.25) is 10.0 Å². The van der Waals surface area contributed by atoms with Gasteiger partial charge in [-0.1, -0.05) is 18.2 Å². The van der Waals surface area contributed by atoms with E-state index in [9.17, 15) is 13.2 Å². The van der Waals surface area contributed by atoms with E-state index in [1.807, 2.05) is 64.3 Å². The van der Waals surface area contributed by atoms with Crippen molar-refractivity contribution in [3.05, 3.63) is 52.6 Å². The number of amides is 1. The van der Waals surface area contributed by atoms with E-state index in [1.54, 1.807) is 16.1 Å². The molecule has 6 nitrogen and oxygen atoms in total. The minimum absolute atomic E-state index is 0.0474. The van der Waals surface area contributed by atoms with Gasteiger partial charge in [-0.05, 0) is 68.3 Å². The molecular weight excluding hydrogens is 430 g/mol. The number of anilines is 1. The second-order valence-corrected chi connectivity index (χ2v) is 10.9. The van der Waals surface area contributed by atoms with Crippen LogP contribution in [-0.2, 0) is 14.8 Å². The van der Waals surface area contributed by atoms with Crippen LogP contribution in [0.3, 0.4) is 0 Å². The van der Waals surface area contributed by atoms with Crippen LogP contribution in [0, 0.1) is 27.7 Å². The largest absolute Gasteiger partial charge is 0.325 e. The maximum Gasteiger partial charge on any atom is 0.279 e. The van der Waals surface area contributed by atoms with Crippen molar-refractivity contribution >= 4 is 33.4 Å². The Bertz CT molecular complexity index is 1050. The zero-order chi connectivity index (χ0) is 22.8. The van der Waals surface area contributed by atoms with Gasteiger partial charge in [-0.15, -0.1) is 11.8 Å². The molecule has 3 rings (SSSR count). The third kappa shape index (κ3) is 5.14. The number of quaternary nitrogens is 1. The Kier molecular flexibility index (Phi) is 7.47. The molecule has 0 radical (unpaired) electrons. The molecule has 2 aromatic rings. The number of nitrogens with zero attached hydrogens (tertiary/aromatic N) is 1. The number of para-hydroxylation sites is 1. The smallest absolute Gasteiger partial charge is 0.279 e. The first kappa shape index (κ1) is 23.8. The van der Waals surface area contributed by atoms with E-state index in [2.05, 4.69) is 5.32 Å². The summed E-state index contributed by atoms with van der Waals surface area (Å²) in [5, 5.41) is 2.99. The highest BCUT2D eigenvalue weighted by Gasteiger charge is 2.33. The van der Waals surface area contributed by atoms with Crippen LogP contribution in [-0.4, -0.2) is 57.6 Å². The molecule has 1 amide bonds. The molecule has 8 heteroatoms. The number of piperazine rings is 1. The van der Waals surface area contributed by atoms with Gasteiger partial charge < -0.3 is 10.2 Å². The molecule has 2 N–H and O–H groups in total. The van der Waals surface area contributed by atoms with Gasteiger partial charge in [0, 0.05) is 4.90 Å². The van der Waals surface area contributed by atoms with Crippen molar-refractivity contribution in [2.45, 2.75) is 37.5 Å². The lowest BCUT2D eigenvalue weighted by atomic mass is 10.0. The fraction of sp³-hybridized carbons (Fsp3) is 0.435. The van der Waals surface area contributed by atoms with Crippen molar-refractivity contribution in [2.24, 2.45) is 0 Å². The maximum atomic E-state index is 13.4. The van der Waals surface area contributed by atoms with E-state index in [-0.39, 0.29) is 5.91 Å². The van der Waals surface area contributed by atoms with E-state index >= 15 is 0 Å². The van der Waals surface area contributed by atoms with Crippen molar-refractivity contribution in [1.82, 2.24) is 4.31 Å². The van der Waals surface area contributed by atoms with E-state index < -0.39 is 10.0 Å². The van der Waals surface area contributed by atoms with Crippen LogP contribution in [0.1, 0.15) is 22.3 Å². The lowest BCUT2D eigenvalue weighted by molar-refractivity contribution is -0.895. The Morgan fingerprint density at radius 1 is 1.06 bits per heavy atom. The molecule has 0 bridgehead atoms. The zero-order valence-corrected chi connectivity index (χ0v) is 20.5. The van der Waals surface area contributed by atoms with Crippen molar-refractivity contribution in [2.75, 3.05) is 44.3 Å². The minimum Gasteiger partial charge on any atom is -0.325 e. The van der Waals surface area contributed by atoms with Gasteiger partial charge in [0.25, 0.3) is 5.91 Å². The SMILES string of the molecule is CSc1ccccc1NC(=O)C[NH+]1CCN(S(=O)(=O)c2c(C)c(C)cc(C)c2C)CC1. The average Bonchev–Trinajstić information content (AvgIpc) is 2.73. The molecule has 0 aliphatic carbocycles. The molecule has 0 unspecified atom stereocenters. The molecule has 31 heavy (non-hydrogen) atoms. The zero-order valence-electron chi connectivity index (χ0n) is 18.9. The summed E-state index contributed by atoms with van der Waals surface area (Å²) in [4.78, 5) is 15.1. The first-order chi connectivity index (χ1) is 14.6. The summed E-state index contributed by atoms with van der Waals surface area (Å²) < 4.78 is 28.4. The number of nitrogens with one attached hydrogen (secondary N) is 2. The van der Waals surface area contributed by atoms with E-state index in [0.717, 1.165) is 37.7 Å². The summed E-state index contributed by atoms with van der Waals surface area (Å²) in [5.74, 6) is -0.0474. The summed E-state index contributed by atoms with van der Waals surface area (Å²) in [6, 6.07) is 9.78. The molecule has 0 saturated carbocycles. The van der Waals surface area contributed by atoms with Crippen LogP contribution < -0.4 is 10.2 Å². The summed E-state index contributed by atoms with van der Waals surface area (Å²) in [6.45, 7) is 10.1. The van der Waals surface area contributed by atoms with Crippen LogP contribution in [0.4, 0.5) is 5.69 Å². The van der Waals surface area contributed by atoms with Gasteiger partial charge in [0.05, 0.1) is 36.8 Å².